The Bertz CT molecular complexity index is 1310. The van der Waals surface area contributed by atoms with Gasteiger partial charge in [-0.2, -0.15) is 0 Å². The number of carbonyl (C=O) groups is 1. The molecule has 0 radical (unpaired) electrons. The Morgan fingerprint density at radius 2 is 1.87 bits per heavy atom. The molecule has 2 aromatic heterocycles. The first-order valence-corrected chi connectivity index (χ1v) is 10.6. The summed E-state index contributed by atoms with van der Waals surface area (Å²) >= 11 is 5.92. The molecular formula is C21H14ClF2N3O2S. The van der Waals surface area contributed by atoms with Gasteiger partial charge in [0.1, 0.15) is 22.5 Å². The van der Waals surface area contributed by atoms with Crippen molar-refractivity contribution >= 4 is 45.1 Å². The third kappa shape index (κ3) is 3.71. The topological polar surface area (TPSA) is 74.8 Å². The Hall–Kier alpha value is -3.10. The minimum Gasteiger partial charge on any atom is -0.345 e. The molecule has 0 aliphatic heterocycles. The highest BCUT2D eigenvalue weighted by Crippen LogP contribution is 2.29. The highest BCUT2D eigenvalue weighted by molar-refractivity contribution is 7.85. The van der Waals surface area contributed by atoms with Crippen LogP contribution in [0.25, 0.3) is 22.2 Å². The SMILES string of the molecule is CS(=O)Nc1ccc(F)c(C(=O)c2c[nH]c3ncc(-c4ccc(Cl)cc4)cc23)c1F. The van der Waals surface area contributed by atoms with Crippen molar-refractivity contribution in [1.29, 1.82) is 0 Å². The lowest BCUT2D eigenvalue weighted by atomic mass is 10.00. The van der Waals surface area contributed by atoms with Crippen LogP contribution in [0.3, 0.4) is 0 Å². The first-order valence-electron chi connectivity index (χ1n) is 8.71. The summed E-state index contributed by atoms with van der Waals surface area (Å²) in [7, 11) is -1.59. The van der Waals surface area contributed by atoms with Crippen LogP contribution in [-0.4, -0.2) is 26.2 Å². The lowest BCUT2D eigenvalue weighted by molar-refractivity contribution is 0.103. The molecule has 0 amide bonds. The van der Waals surface area contributed by atoms with Gasteiger partial charge in [-0.25, -0.2) is 18.0 Å². The van der Waals surface area contributed by atoms with E-state index in [2.05, 4.69) is 14.7 Å². The number of rotatable bonds is 5. The second-order valence-electron chi connectivity index (χ2n) is 6.50. The summed E-state index contributed by atoms with van der Waals surface area (Å²) in [5.74, 6) is -2.97. The molecule has 152 valence electrons. The van der Waals surface area contributed by atoms with Crippen molar-refractivity contribution in [1.82, 2.24) is 9.97 Å². The van der Waals surface area contributed by atoms with Gasteiger partial charge in [0.05, 0.1) is 11.3 Å². The number of aromatic nitrogens is 2. The van der Waals surface area contributed by atoms with E-state index in [0.29, 0.717) is 21.6 Å². The maximum absolute atomic E-state index is 14.8. The zero-order chi connectivity index (χ0) is 21.4. The number of anilines is 1. The molecule has 5 nitrogen and oxygen atoms in total. The number of nitrogens with zero attached hydrogens (tertiary/aromatic N) is 1. The minimum absolute atomic E-state index is 0.0703. The maximum Gasteiger partial charge on any atom is 0.201 e. The number of H-pyrrole nitrogens is 1. The fourth-order valence-electron chi connectivity index (χ4n) is 3.12. The number of ketones is 1. The highest BCUT2D eigenvalue weighted by Gasteiger charge is 2.24. The van der Waals surface area contributed by atoms with Gasteiger partial charge in [-0.3, -0.25) is 4.79 Å². The average Bonchev–Trinajstić information content (AvgIpc) is 3.14. The number of carbonyl (C=O) groups excluding carboxylic acids is 1. The summed E-state index contributed by atoms with van der Waals surface area (Å²) in [6.45, 7) is 0. The summed E-state index contributed by atoms with van der Waals surface area (Å²) in [5, 5.41) is 1.00. The summed E-state index contributed by atoms with van der Waals surface area (Å²) < 4.78 is 42.9. The number of pyridine rings is 1. The minimum atomic E-state index is -1.59. The van der Waals surface area contributed by atoms with E-state index in [1.807, 2.05) is 0 Å². The first-order chi connectivity index (χ1) is 14.3. The molecule has 0 saturated heterocycles. The summed E-state index contributed by atoms with van der Waals surface area (Å²) in [4.78, 5) is 20.2. The second-order valence-corrected chi connectivity index (χ2v) is 8.05. The second kappa shape index (κ2) is 7.97. The molecule has 0 fully saturated rings. The monoisotopic (exact) mass is 445 g/mol. The smallest absolute Gasteiger partial charge is 0.201 e. The molecule has 0 bridgehead atoms. The highest BCUT2D eigenvalue weighted by atomic mass is 35.5. The van der Waals surface area contributed by atoms with Crippen molar-refractivity contribution in [2.24, 2.45) is 0 Å². The molecule has 0 aliphatic carbocycles. The summed E-state index contributed by atoms with van der Waals surface area (Å²) in [6.07, 6.45) is 4.29. The number of aromatic amines is 1. The maximum atomic E-state index is 14.8. The van der Waals surface area contributed by atoms with Crippen molar-refractivity contribution in [2.75, 3.05) is 11.0 Å². The quantitative estimate of drug-likeness (QED) is 0.420. The van der Waals surface area contributed by atoms with Gasteiger partial charge in [0.15, 0.2) is 5.82 Å². The van der Waals surface area contributed by atoms with E-state index >= 15 is 0 Å². The van der Waals surface area contributed by atoms with E-state index < -0.39 is 34.0 Å². The Morgan fingerprint density at radius 1 is 1.13 bits per heavy atom. The molecule has 4 rings (SSSR count). The number of fused-ring (bicyclic) bond motifs is 1. The van der Waals surface area contributed by atoms with Crippen LogP contribution in [0.2, 0.25) is 5.02 Å². The third-order valence-electron chi connectivity index (χ3n) is 4.53. The summed E-state index contributed by atoms with van der Waals surface area (Å²) in [5.41, 5.74) is 1.05. The van der Waals surface area contributed by atoms with E-state index in [9.17, 15) is 17.8 Å². The Balaban J connectivity index is 1.82. The van der Waals surface area contributed by atoms with Crippen LogP contribution in [0.5, 0.6) is 0 Å². The van der Waals surface area contributed by atoms with E-state index in [4.69, 9.17) is 11.6 Å². The van der Waals surface area contributed by atoms with Crippen LogP contribution < -0.4 is 4.72 Å². The zero-order valence-electron chi connectivity index (χ0n) is 15.5. The molecule has 0 spiro atoms. The third-order valence-corrected chi connectivity index (χ3v) is 5.28. The van der Waals surface area contributed by atoms with E-state index in [-0.39, 0.29) is 11.3 Å². The Kier molecular flexibility index (Phi) is 5.36. The van der Waals surface area contributed by atoms with Crippen molar-refractivity contribution in [3.63, 3.8) is 0 Å². The lowest BCUT2D eigenvalue weighted by Crippen LogP contribution is -2.11. The summed E-state index contributed by atoms with van der Waals surface area (Å²) in [6, 6.07) is 10.8. The molecule has 0 saturated carbocycles. The van der Waals surface area contributed by atoms with E-state index in [0.717, 1.165) is 17.7 Å². The van der Waals surface area contributed by atoms with Gasteiger partial charge in [0.2, 0.25) is 5.78 Å². The molecule has 30 heavy (non-hydrogen) atoms. The number of hydrogen-bond acceptors (Lipinski definition) is 3. The van der Waals surface area contributed by atoms with E-state index in [1.165, 1.54) is 12.5 Å². The Morgan fingerprint density at radius 3 is 2.57 bits per heavy atom. The molecule has 1 unspecified atom stereocenters. The van der Waals surface area contributed by atoms with Crippen molar-refractivity contribution in [3.8, 4) is 11.1 Å². The fraction of sp³-hybridized carbons (Fsp3) is 0.0476. The molecule has 4 aromatic rings. The first kappa shape index (κ1) is 20.2. The number of hydrogen-bond donors (Lipinski definition) is 2. The molecule has 2 aromatic carbocycles. The predicted molar refractivity (Wildman–Crippen MR) is 114 cm³/mol. The van der Waals surface area contributed by atoms with Crippen LogP contribution in [-0.2, 0) is 11.0 Å². The zero-order valence-corrected chi connectivity index (χ0v) is 17.1. The largest absolute Gasteiger partial charge is 0.345 e. The van der Waals surface area contributed by atoms with Crippen molar-refractivity contribution in [2.45, 2.75) is 0 Å². The van der Waals surface area contributed by atoms with E-state index in [1.54, 1.807) is 36.5 Å². The normalized spacial score (nSPS) is 12.1. The molecule has 2 N–H and O–H groups in total. The van der Waals surface area contributed by atoms with Crippen LogP contribution in [0.15, 0.2) is 54.9 Å². The molecular weight excluding hydrogens is 432 g/mol. The van der Waals surface area contributed by atoms with Gasteiger partial charge in [-0.05, 0) is 35.9 Å². The lowest BCUT2D eigenvalue weighted by Gasteiger charge is -2.09. The van der Waals surface area contributed by atoms with Crippen LogP contribution in [0.4, 0.5) is 14.5 Å². The van der Waals surface area contributed by atoms with Crippen LogP contribution in [0, 0.1) is 11.6 Å². The average molecular weight is 446 g/mol. The predicted octanol–water partition coefficient (Wildman–Crippen LogP) is 5.10. The molecule has 1 atom stereocenters. The number of nitrogens with one attached hydrogen (secondary N) is 2. The molecule has 9 heteroatoms. The van der Waals surface area contributed by atoms with Gasteiger partial charge in [-0.1, -0.05) is 23.7 Å². The van der Waals surface area contributed by atoms with Crippen molar-refractivity contribution < 1.29 is 17.8 Å². The Labute approximate surface area is 177 Å². The van der Waals surface area contributed by atoms with Crippen molar-refractivity contribution in [3.05, 3.63) is 82.6 Å². The number of benzene rings is 2. The van der Waals surface area contributed by atoms with Gasteiger partial charge >= 0.3 is 0 Å². The van der Waals surface area contributed by atoms with Gasteiger partial charge in [0.25, 0.3) is 0 Å². The van der Waals surface area contributed by atoms with Gasteiger partial charge in [0, 0.05) is 40.2 Å². The standard InChI is InChI=1S/C21H14ClF2N3O2S/c1-30(29)27-17-7-6-16(23)18(19(17)24)20(28)15-10-26-21-14(15)8-12(9-25-21)11-2-4-13(22)5-3-11/h2-10,27H,1H3,(H,25,26). The molecule has 2 heterocycles. The van der Waals surface area contributed by atoms with Gasteiger partial charge < -0.3 is 9.71 Å². The van der Waals surface area contributed by atoms with Gasteiger partial charge in [-0.15, -0.1) is 0 Å². The number of halogens is 3. The fourth-order valence-corrected chi connectivity index (χ4v) is 3.71. The van der Waals surface area contributed by atoms with Crippen LogP contribution >= 0.6 is 11.6 Å². The van der Waals surface area contributed by atoms with Crippen LogP contribution in [0.1, 0.15) is 15.9 Å². The molecule has 0 aliphatic rings.